The average molecular weight is 429 g/mol. The van der Waals surface area contributed by atoms with Gasteiger partial charge in [-0.3, -0.25) is 4.79 Å². The van der Waals surface area contributed by atoms with E-state index in [2.05, 4.69) is 28.6 Å². The van der Waals surface area contributed by atoms with Crippen LogP contribution in [0.5, 0.6) is 5.75 Å². The lowest BCUT2D eigenvalue weighted by molar-refractivity contribution is 0.0968. The molecule has 30 heavy (non-hydrogen) atoms. The van der Waals surface area contributed by atoms with Crippen LogP contribution in [0.4, 0.5) is 11.4 Å². The van der Waals surface area contributed by atoms with Crippen LogP contribution in [0.3, 0.4) is 0 Å². The van der Waals surface area contributed by atoms with Gasteiger partial charge in [0.1, 0.15) is 5.15 Å². The van der Waals surface area contributed by atoms with E-state index in [-0.39, 0.29) is 11.7 Å². The predicted octanol–water partition coefficient (Wildman–Crippen LogP) is 5.60. The number of para-hydroxylation sites is 1. The van der Waals surface area contributed by atoms with E-state index in [0.29, 0.717) is 39.1 Å². The standard InChI is InChI=1S/C18H18ClN3O2.C5H11N/c1-10(20)12-4-3-5-14(18(12)24-2)22-15-8-16(19)21-9-13(15)17(23)11-6-7-11;1-3-4-5-6-2/h3-5,8-9,11,20H,6-7H2,1-2H3,(H,21,22);4-6H,3H2,1-2H3/b;5-4+. The van der Waals surface area contributed by atoms with Crippen molar-refractivity contribution in [3.8, 4) is 5.75 Å². The quantitative estimate of drug-likeness (QED) is 0.289. The molecule has 160 valence electrons. The second-order valence-electron chi connectivity index (χ2n) is 6.93. The largest absolute Gasteiger partial charge is 0.494 e. The highest BCUT2D eigenvalue weighted by Crippen LogP contribution is 2.37. The van der Waals surface area contributed by atoms with Gasteiger partial charge in [-0.2, -0.15) is 0 Å². The lowest BCUT2D eigenvalue weighted by atomic mass is 10.1. The van der Waals surface area contributed by atoms with Crippen molar-refractivity contribution in [1.29, 1.82) is 5.41 Å². The van der Waals surface area contributed by atoms with Gasteiger partial charge in [0.25, 0.3) is 0 Å². The van der Waals surface area contributed by atoms with E-state index in [4.69, 9.17) is 21.7 Å². The molecule has 3 N–H and O–H groups in total. The third kappa shape index (κ3) is 6.32. The summed E-state index contributed by atoms with van der Waals surface area (Å²) < 4.78 is 5.46. The first-order valence-electron chi connectivity index (χ1n) is 9.94. The van der Waals surface area contributed by atoms with Gasteiger partial charge in [0.15, 0.2) is 11.5 Å². The number of hydrogen-bond donors (Lipinski definition) is 3. The van der Waals surface area contributed by atoms with Crippen molar-refractivity contribution in [1.82, 2.24) is 10.3 Å². The predicted molar refractivity (Wildman–Crippen MR) is 124 cm³/mol. The number of methoxy groups -OCH3 is 1. The van der Waals surface area contributed by atoms with Crippen molar-refractivity contribution in [3.63, 3.8) is 0 Å². The second kappa shape index (κ2) is 11.4. The van der Waals surface area contributed by atoms with E-state index in [1.807, 2.05) is 31.4 Å². The molecular weight excluding hydrogens is 400 g/mol. The number of halogens is 1. The van der Waals surface area contributed by atoms with Crippen LogP contribution in [0.2, 0.25) is 5.15 Å². The highest BCUT2D eigenvalue weighted by atomic mass is 35.5. The summed E-state index contributed by atoms with van der Waals surface area (Å²) in [6.07, 6.45) is 8.48. The highest BCUT2D eigenvalue weighted by molar-refractivity contribution is 6.29. The van der Waals surface area contributed by atoms with Crippen molar-refractivity contribution < 1.29 is 9.53 Å². The smallest absolute Gasteiger partial charge is 0.169 e. The zero-order valence-corrected chi connectivity index (χ0v) is 18.6. The van der Waals surface area contributed by atoms with E-state index >= 15 is 0 Å². The Hall–Kier alpha value is -2.86. The van der Waals surface area contributed by atoms with Crippen LogP contribution in [0.15, 0.2) is 42.7 Å². The third-order valence-electron chi connectivity index (χ3n) is 4.50. The fourth-order valence-corrected chi connectivity index (χ4v) is 2.98. The van der Waals surface area contributed by atoms with E-state index in [9.17, 15) is 4.79 Å². The Kier molecular flexibility index (Phi) is 8.87. The number of carbonyl (C=O) groups excluding carboxylic acids is 1. The SMILES string of the molecule is CC/C=C/NC.COc1c(Nc2cc(Cl)ncc2C(=O)C2CC2)cccc1C(C)=N. The van der Waals surface area contributed by atoms with Crippen LogP contribution in [0.1, 0.15) is 49.0 Å². The van der Waals surface area contributed by atoms with E-state index in [1.165, 1.54) is 6.20 Å². The van der Waals surface area contributed by atoms with Gasteiger partial charge >= 0.3 is 0 Å². The number of ether oxygens (including phenoxy) is 1. The van der Waals surface area contributed by atoms with Crippen LogP contribution in [0, 0.1) is 11.3 Å². The molecule has 1 aliphatic carbocycles. The van der Waals surface area contributed by atoms with Crippen molar-refractivity contribution >= 4 is 34.5 Å². The number of Topliss-reactive ketones (excluding diaryl/α,β-unsaturated/α-hetero) is 1. The summed E-state index contributed by atoms with van der Waals surface area (Å²) in [5.74, 6) is 0.730. The number of ketones is 1. The summed E-state index contributed by atoms with van der Waals surface area (Å²) in [4.78, 5) is 16.5. The molecule has 1 aromatic carbocycles. The molecule has 1 heterocycles. The van der Waals surface area contributed by atoms with Gasteiger partial charge in [0, 0.05) is 30.4 Å². The Labute approximate surface area is 183 Å². The fourth-order valence-electron chi connectivity index (χ4n) is 2.83. The molecule has 1 fully saturated rings. The van der Waals surface area contributed by atoms with Gasteiger partial charge in [-0.15, -0.1) is 0 Å². The van der Waals surface area contributed by atoms with Gasteiger partial charge in [0.05, 0.1) is 24.0 Å². The van der Waals surface area contributed by atoms with E-state index in [0.717, 1.165) is 19.3 Å². The fraction of sp³-hybridized carbons (Fsp3) is 0.348. The number of benzene rings is 1. The van der Waals surface area contributed by atoms with Crippen molar-refractivity contribution in [2.24, 2.45) is 5.92 Å². The molecule has 0 spiro atoms. The van der Waals surface area contributed by atoms with Gasteiger partial charge in [-0.25, -0.2) is 4.98 Å². The monoisotopic (exact) mass is 428 g/mol. The molecule has 6 nitrogen and oxygen atoms in total. The first-order valence-corrected chi connectivity index (χ1v) is 10.3. The minimum Gasteiger partial charge on any atom is -0.494 e. The number of nitrogens with zero attached hydrogens (tertiary/aromatic N) is 1. The first kappa shape index (κ1) is 23.4. The number of nitrogens with one attached hydrogen (secondary N) is 3. The van der Waals surface area contributed by atoms with Crippen LogP contribution in [-0.4, -0.2) is 30.6 Å². The molecule has 0 saturated heterocycles. The topological polar surface area (TPSA) is 87.1 Å². The lowest BCUT2D eigenvalue weighted by Gasteiger charge is -2.16. The summed E-state index contributed by atoms with van der Waals surface area (Å²) >= 11 is 6.01. The Bertz CT molecular complexity index is 917. The Morgan fingerprint density at radius 2 is 2.07 bits per heavy atom. The molecule has 0 unspecified atom stereocenters. The number of allylic oxidation sites excluding steroid dienone is 1. The minimum absolute atomic E-state index is 0.0834. The van der Waals surface area contributed by atoms with E-state index in [1.54, 1.807) is 20.1 Å². The molecule has 3 rings (SSSR count). The molecule has 0 bridgehead atoms. The molecule has 1 aromatic heterocycles. The summed E-state index contributed by atoms with van der Waals surface area (Å²) in [6.45, 7) is 3.81. The molecule has 0 radical (unpaired) electrons. The molecule has 0 amide bonds. The van der Waals surface area contributed by atoms with E-state index < -0.39 is 0 Å². The number of pyridine rings is 1. The van der Waals surface area contributed by atoms with Gasteiger partial charge < -0.3 is 20.8 Å². The zero-order chi connectivity index (χ0) is 22.1. The number of anilines is 2. The van der Waals surface area contributed by atoms with Crippen molar-refractivity contribution in [3.05, 3.63) is 59.0 Å². The highest BCUT2D eigenvalue weighted by Gasteiger charge is 2.32. The summed E-state index contributed by atoms with van der Waals surface area (Å²) in [5, 5.41) is 14.3. The van der Waals surface area contributed by atoms with Gasteiger partial charge in [-0.1, -0.05) is 30.7 Å². The number of hydrogen-bond acceptors (Lipinski definition) is 6. The van der Waals surface area contributed by atoms with Gasteiger partial charge in [-0.05, 0) is 50.6 Å². The van der Waals surface area contributed by atoms with Crippen LogP contribution >= 0.6 is 11.6 Å². The van der Waals surface area contributed by atoms with Gasteiger partial charge in [0.2, 0.25) is 0 Å². The Balaban J connectivity index is 0.000000469. The maximum atomic E-state index is 12.5. The summed E-state index contributed by atoms with van der Waals surface area (Å²) in [6, 6.07) is 7.14. The number of aromatic nitrogens is 1. The van der Waals surface area contributed by atoms with Crippen LogP contribution in [0.25, 0.3) is 0 Å². The first-order chi connectivity index (χ1) is 14.4. The second-order valence-corrected chi connectivity index (χ2v) is 7.31. The zero-order valence-electron chi connectivity index (χ0n) is 17.9. The molecule has 7 heteroatoms. The average Bonchev–Trinajstić information content (AvgIpc) is 3.57. The summed E-state index contributed by atoms with van der Waals surface area (Å²) in [5.41, 5.74) is 2.90. The minimum atomic E-state index is 0.0834. The normalized spacial score (nSPS) is 12.7. The molecule has 2 aromatic rings. The number of rotatable bonds is 8. The van der Waals surface area contributed by atoms with Crippen molar-refractivity contribution in [2.75, 3.05) is 19.5 Å². The van der Waals surface area contributed by atoms with Crippen LogP contribution < -0.4 is 15.4 Å². The number of carbonyl (C=O) groups is 1. The molecule has 0 aliphatic heterocycles. The van der Waals surface area contributed by atoms with Crippen LogP contribution in [-0.2, 0) is 0 Å². The molecular formula is C23H29ClN4O2. The Morgan fingerprint density at radius 1 is 1.33 bits per heavy atom. The third-order valence-corrected chi connectivity index (χ3v) is 4.70. The maximum absolute atomic E-state index is 12.5. The van der Waals surface area contributed by atoms with Crippen molar-refractivity contribution in [2.45, 2.75) is 33.1 Å². The molecule has 1 saturated carbocycles. The Morgan fingerprint density at radius 3 is 2.60 bits per heavy atom. The lowest BCUT2D eigenvalue weighted by Crippen LogP contribution is -2.08. The summed E-state index contributed by atoms with van der Waals surface area (Å²) in [7, 11) is 3.45. The molecule has 0 atom stereocenters. The molecule has 1 aliphatic rings. The maximum Gasteiger partial charge on any atom is 0.169 e.